The van der Waals surface area contributed by atoms with Gasteiger partial charge in [-0.15, -0.1) is 0 Å². The Bertz CT molecular complexity index is 80.9. The van der Waals surface area contributed by atoms with E-state index < -0.39 is 0 Å². The normalized spacial score (nSPS) is 19.8. The zero-order valence-electron chi connectivity index (χ0n) is 3.02. The average Bonchev–Trinajstić information content (AvgIpc) is 1.86. The predicted molar refractivity (Wildman–Crippen MR) is 28.5 cm³/mol. The molecule has 1 radical (unpaired) electrons. The van der Waals surface area contributed by atoms with Gasteiger partial charge in [0, 0.05) is 5.75 Å². The van der Waals surface area contributed by atoms with Gasteiger partial charge in [0.15, 0.2) is 0 Å². The zero-order chi connectivity index (χ0) is 4.41. The molecule has 0 fully saturated rings. The van der Waals surface area contributed by atoms with Crippen LogP contribution in [-0.4, -0.2) is 5.75 Å². The van der Waals surface area contributed by atoms with Crippen LogP contribution in [0.4, 0.5) is 0 Å². The molecule has 0 N–H and O–H groups in total. The van der Waals surface area contributed by atoms with Gasteiger partial charge in [-0.25, -0.2) is 4.72 Å². The SMILES string of the molecule is ClC1=CCS[N]1. The molecule has 0 atom stereocenters. The van der Waals surface area contributed by atoms with Crippen LogP contribution >= 0.6 is 23.5 Å². The second-order valence-corrected chi connectivity index (χ2v) is 2.08. The van der Waals surface area contributed by atoms with Gasteiger partial charge in [0.25, 0.3) is 0 Å². The molecule has 0 spiro atoms. The van der Waals surface area contributed by atoms with E-state index in [1.807, 2.05) is 6.08 Å². The Hall–Kier alpha value is 0.180. The lowest BCUT2D eigenvalue weighted by Gasteiger charge is -1.78. The Balaban J connectivity index is 2.45. The zero-order valence-corrected chi connectivity index (χ0v) is 4.59. The van der Waals surface area contributed by atoms with Crippen LogP contribution < -0.4 is 4.72 Å². The van der Waals surface area contributed by atoms with Crippen LogP contribution in [0.25, 0.3) is 0 Å². The average molecular weight is 121 g/mol. The molecule has 1 aliphatic heterocycles. The Morgan fingerprint density at radius 3 is 3.00 bits per heavy atom. The number of hydrogen-bond acceptors (Lipinski definition) is 1. The minimum Gasteiger partial charge on any atom is -0.204 e. The largest absolute Gasteiger partial charge is 0.204 e. The molecule has 0 saturated carbocycles. The summed E-state index contributed by atoms with van der Waals surface area (Å²) in [6, 6.07) is 0. The van der Waals surface area contributed by atoms with Crippen molar-refractivity contribution in [1.82, 2.24) is 4.72 Å². The summed E-state index contributed by atoms with van der Waals surface area (Å²) in [7, 11) is 0. The quantitative estimate of drug-likeness (QED) is 0.348. The van der Waals surface area contributed by atoms with Crippen LogP contribution in [0.5, 0.6) is 0 Å². The first-order chi connectivity index (χ1) is 2.89. The molecule has 0 aliphatic carbocycles. The van der Waals surface area contributed by atoms with E-state index in [4.69, 9.17) is 11.6 Å². The fraction of sp³-hybridized carbons (Fsp3) is 0.333. The molecule has 0 aromatic rings. The van der Waals surface area contributed by atoms with E-state index in [0.29, 0.717) is 5.16 Å². The first-order valence-electron chi connectivity index (χ1n) is 1.58. The highest BCUT2D eigenvalue weighted by molar-refractivity contribution is 7.97. The van der Waals surface area contributed by atoms with Crippen LogP contribution in [0.1, 0.15) is 0 Å². The highest BCUT2D eigenvalue weighted by Crippen LogP contribution is 2.14. The molecule has 1 heterocycles. The molecule has 0 bridgehead atoms. The minimum atomic E-state index is 0.639. The molecule has 3 heteroatoms. The number of rotatable bonds is 0. The van der Waals surface area contributed by atoms with Crippen molar-refractivity contribution in [2.75, 3.05) is 5.75 Å². The Kier molecular flexibility index (Phi) is 1.27. The number of halogens is 1. The first kappa shape index (κ1) is 4.34. The fourth-order valence-corrected chi connectivity index (χ4v) is 1.06. The van der Waals surface area contributed by atoms with Crippen LogP contribution in [-0.2, 0) is 0 Å². The van der Waals surface area contributed by atoms with Gasteiger partial charge in [0.1, 0.15) is 5.16 Å². The van der Waals surface area contributed by atoms with Gasteiger partial charge in [-0.3, -0.25) is 0 Å². The van der Waals surface area contributed by atoms with E-state index in [1.54, 1.807) is 0 Å². The lowest BCUT2D eigenvalue weighted by Crippen LogP contribution is -1.74. The Morgan fingerprint density at radius 2 is 2.83 bits per heavy atom. The van der Waals surface area contributed by atoms with E-state index in [9.17, 15) is 0 Å². The van der Waals surface area contributed by atoms with Gasteiger partial charge in [-0.2, -0.15) is 0 Å². The van der Waals surface area contributed by atoms with Gasteiger partial charge in [0.2, 0.25) is 0 Å². The summed E-state index contributed by atoms with van der Waals surface area (Å²) < 4.78 is 3.78. The van der Waals surface area contributed by atoms with E-state index >= 15 is 0 Å². The van der Waals surface area contributed by atoms with Crippen molar-refractivity contribution >= 4 is 23.5 Å². The molecule has 0 aromatic heterocycles. The topological polar surface area (TPSA) is 14.1 Å². The molecule has 1 aliphatic rings. The molecule has 33 valence electrons. The van der Waals surface area contributed by atoms with Crippen molar-refractivity contribution < 1.29 is 0 Å². The molecule has 0 saturated heterocycles. The van der Waals surface area contributed by atoms with Crippen molar-refractivity contribution in [3.63, 3.8) is 0 Å². The third kappa shape index (κ3) is 0.820. The number of nitrogens with zero attached hydrogens (tertiary/aromatic N) is 1. The first-order valence-corrected chi connectivity index (χ1v) is 2.90. The van der Waals surface area contributed by atoms with Gasteiger partial charge in [-0.05, 0) is 18.0 Å². The van der Waals surface area contributed by atoms with Crippen molar-refractivity contribution in [2.24, 2.45) is 0 Å². The minimum absolute atomic E-state index is 0.639. The summed E-state index contributed by atoms with van der Waals surface area (Å²) >= 11 is 6.87. The van der Waals surface area contributed by atoms with Gasteiger partial charge in [0.05, 0.1) is 0 Å². The standard InChI is InChI=1S/C3H3ClNS/c4-3-1-2-6-5-3/h1H,2H2. The van der Waals surface area contributed by atoms with Gasteiger partial charge in [-0.1, -0.05) is 11.6 Å². The Morgan fingerprint density at radius 1 is 2.00 bits per heavy atom. The second-order valence-electron chi connectivity index (χ2n) is 0.914. The highest BCUT2D eigenvalue weighted by atomic mass is 35.5. The highest BCUT2D eigenvalue weighted by Gasteiger charge is 1.99. The molecule has 0 unspecified atom stereocenters. The second kappa shape index (κ2) is 1.76. The maximum Gasteiger partial charge on any atom is 0.134 e. The third-order valence-electron chi connectivity index (χ3n) is 0.478. The van der Waals surface area contributed by atoms with Crippen LogP contribution in [0.15, 0.2) is 11.2 Å². The molecule has 6 heavy (non-hydrogen) atoms. The summed E-state index contributed by atoms with van der Waals surface area (Å²) in [6.45, 7) is 0. The van der Waals surface area contributed by atoms with E-state index in [2.05, 4.69) is 4.72 Å². The van der Waals surface area contributed by atoms with Crippen molar-refractivity contribution in [1.29, 1.82) is 0 Å². The van der Waals surface area contributed by atoms with Gasteiger partial charge < -0.3 is 0 Å². The lowest BCUT2D eigenvalue weighted by molar-refractivity contribution is 1.38. The molecule has 1 rings (SSSR count). The smallest absolute Gasteiger partial charge is 0.134 e. The summed E-state index contributed by atoms with van der Waals surface area (Å²) in [5, 5.41) is 0.639. The molecule has 0 amide bonds. The third-order valence-corrected chi connectivity index (χ3v) is 1.46. The lowest BCUT2D eigenvalue weighted by atomic mass is 10.7. The molecule has 1 nitrogen and oxygen atoms in total. The van der Waals surface area contributed by atoms with Crippen LogP contribution in [0.2, 0.25) is 0 Å². The van der Waals surface area contributed by atoms with Crippen molar-refractivity contribution in [3.8, 4) is 0 Å². The fourth-order valence-electron chi connectivity index (χ4n) is 0.242. The summed E-state index contributed by atoms with van der Waals surface area (Å²) in [5.41, 5.74) is 0. The summed E-state index contributed by atoms with van der Waals surface area (Å²) in [4.78, 5) is 0. The Labute approximate surface area is 45.9 Å². The summed E-state index contributed by atoms with van der Waals surface area (Å²) in [6.07, 6.45) is 1.88. The van der Waals surface area contributed by atoms with Gasteiger partial charge >= 0.3 is 0 Å². The van der Waals surface area contributed by atoms with Crippen LogP contribution in [0.3, 0.4) is 0 Å². The van der Waals surface area contributed by atoms with E-state index in [1.165, 1.54) is 11.9 Å². The predicted octanol–water partition coefficient (Wildman–Crippen LogP) is 1.33. The van der Waals surface area contributed by atoms with E-state index in [-0.39, 0.29) is 0 Å². The van der Waals surface area contributed by atoms with Crippen LogP contribution in [0, 0.1) is 0 Å². The molecule has 0 aromatic carbocycles. The maximum atomic E-state index is 5.39. The molecular weight excluding hydrogens is 118 g/mol. The molecular formula is C3H3ClNS. The van der Waals surface area contributed by atoms with Crippen molar-refractivity contribution in [2.45, 2.75) is 0 Å². The maximum absolute atomic E-state index is 5.39. The summed E-state index contributed by atoms with van der Waals surface area (Å²) in [5.74, 6) is 0.943. The monoisotopic (exact) mass is 120 g/mol. The van der Waals surface area contributed by atoms with E-state index in [0.717, 1.165) is 5.75 Å². The van der Waals surface area contributed by atoms with Crippen molar-refractivity contribution in [3.05, 3.63) is 11.2 Å². The number of hydrogen-bond donors (Lipinski definition) is 0.